The fourth-order valence-corrected chi connectivity index (χ4v) is 3.41. The maximum Gasteiger partial charge on any atom is 0.190 e. The highest BCUT2D eigenvalue weighted by molar-refractivity contribution is 9.10. The second kappa shape index (κ2) is 7.90. The van der Waals surface area contributed by atoms with Gasteiger partial charge in [-0.15, -0.1) is 0 Å². The largest absolute Gasteiger partial charge is 0.370 e. The summed E-state index contributed by atoms with van der Waals surface area (Å²) in [6.07, 6.45) is 3.07. The number of thioether (sulfide) groups is 1. The number of benzene rings is 1. The van der Waals surface area contributed by atoms with E-state index in [9.17, 15) is 0 Å². The van der Waals surface area contributed by atoms with E-state index in [0.29, 0.717) is 0 Å². The number of nitrogens with one attached hydrogen (secondary N) is 1. The Morgan fingerprint density at radius 2 is 2.10 bits per heavy atom. The molecule has 0 saturated carbocycles. The van der Waals surface area contributed by atoms with Gasteiger partial charge < -0.3 is 5.32 Å². The normalized spacial score (nSPS) is 10.6. The molecule has 20 heavy (non-hydrogen) atoms. The van der Waals surface area contributed by atoms with E-state index >= 15 is 0 Å². The third-order valence-corrected chi connectivity index (χ3v) is 4.39. The van der Waals surface area contributed by atoms with Crippen LogP contribution in [0, 0.1) is 0 Å². The molecule has 1 N–H and O–H groups in total. The maximum atomic E-state index is 4.54. The minimum Gasteiger partial charge on any atom is -0.370 e. The zero-order chi connectivity index (χ0) is 14.4. The Labute approximate surface area is 136 Å². The molecular formula is C14H16BrN3S2. The predicted octanol–water partition coefficient (Wildman–Crippen LogP) is 4.93. The van der Waals surface area contributed by atoms with Crippen LogP contribution < -0.4 is 5.32 Å². The SMILES string of the molecule is CCCNc1cc(Sc2cccc(Br)c2)nc(SC)n1. The van der Waals surface area contributed by atoms with Crippen molar-refractivity contribution < 1.29 is 0 Å². The van der Waals surface area contributed by atoms with E-state index in [1.54, 1.807) is 23.5 Å². The van der Waals surface area contributed by atoms with Gasteiger partial charge in [0.05, 0.1) is 0 Å². The van der Waals surface area contributed by atoms with Crippen LogP contribution in [-0.2, 0) is 0 Å². The molecule has 0 aliphatic carbocycles. The van der Waals surface area contributed by atoms with Crippen LogP contribution in [0.1, 0.15) is 13.3 Å². The molecule has 6 heteroatoms. The lowest BCUT2D eigenvalue weighted by Gasteiger charge is -2.08. The van der Waals surface area contributed by atoms with Crippen molar-refractivity contribution in [2.45, 2.75) is 28.4 Å². The van der Waals surface area contributed by atoms with Crippen molar-refractivity contribution in [3.05, 3.63) is 34.8 Å². The van der Waals surface area contributed by atoms with Crippen molar-refractivity contribution in [1.29, 1.82) is 0 Å². The predicted molar refractivity (Wildman–Crippen MR) is 90.9 cm³/mol. The summed E-state index contributed by atoms with van der Waals surface area (Å²) in [5, 5.41) is 5.07. The average Bonchev–Trinajstić information content (AvgIpc) is 2.45. The van der Waals surface area contributed by atoms with E-state index in [0.717, 1.165) is 38.3 Å². The molecule has 0 aliphatic heterocycles. The summed E-state index contributed by atoms with van der Waals surface area (Å²) in [6, 6.07) is 10.2. The number of hydrogen-bond acceptors (Lipinski definition) is 5. The van der Waals surface area contributed by atoms with Crippen LogP contribution in [0.5, 0.6) is 0 Å². The molecule has 2 aromatic rings. The first kappa shape index (κ1) is 15.7. The Bertz CT molecular complexity index is 578. The van der Waals surface area contributed by atoms with Gasteiger partial charge in [0.2, 0.25) is 0 Å². The quantitative estimate of drug-likeness (QED) is 0.443. The van der Waals surface area contributed by atoms with Crippen molar-refractivity contribution in [2.75, 3.05) is 18.1 Å². The van der Waals surface area contributed by atoms with E-state index in [4.69, 9.17) is 0 Å². The molecule has 0 saturated heterocycles. The van der Waals surface area contributed by atoms with Gasteiger partial charge in [-0.25, -0.2) is 9.97 Å². The molecule has 0 atom stereocenters. The highest BCUT2D eigenvalue weighted by Crippen LogP contribution is 2.30. The van der Waals surface area contributed by atoms with Gasteiger partial charge in [-0.3, -0.25) is 0 Å². The van der Waals surface area contributed by atoms with Crippen LogP contribution in [0.3, 0.4) is 0 Å². The Morgan fingerprint density at radius 3 is 2.80 bits per heavy atom. The zero-order valence-corrected chi connectivity index (χ0v) is 14.6. The van der Waals surface area contributed by atoms with E-state index in [1.807, 2.05) is 24.5 Å². The van der Waals surface area contributed by atoms with E-state index < -0.39 is 0 Å². The van der Waals surface area contributed by atoms with Crippen LogP contribution in [0.2, 0.25) is 0 Å². The van der Waals surface area contributed by atoms with Gasteiger partial charge in [-0.1, -0.05) is 52.4 Å². The molecule has 2 rings (SSSR count). The summed E-state index contributed by atoms with van der Waals surface area (Å²) >= 11 is 6.69. The topological polar surface area (TPSA) is 37.8 Å². The maximum absolute atomic E-state index is 4.54. The second-order valence-electron chi connectivity index (χ2n) is 4.06. The number of nitrogens with zero attached hydrogens (tertiary/aromatic N) is 2. The Balaban J connectivity index is 2.21. The molecule has 1 aromatic heterocycles. The van der Waals surface area contributed by atoms with Gasteiger partial charge in [0.1, 0.15) is 10.8 Å². The van der Waals surface area contributed by atoms with Crippen LogP contribution >= 0.6 is 39.5 Å². The average molecular weight is 370 g/mol. The van der Waals surface area contributed by atoms with Crippen LogP contribution in [-0.4, -0.2) is 22.8 Å². The third-order valence-electron chi connectivity index (χ3n) is 2.44. The van der Waals surface area contributed by atoms with Gasteiger partial charge in [-0.2, -0.15) is 0 Å². The third kappa shape index (κ3) is 4.68. The van der Waals surface area contributed by atoms with Gasteiger partial charge in [0.25, 0.3) is 0 Å². The standard InChI is InChI=1S/C14H16BrN3S2/c1-3-7-16-12-9-13(18-14(17-12)19-2)20-11-6-4-5-10(15)8-11/h4-6,8-9H,3,7H2,1-2H3,(H,16,17,18). The monoisotopic (exact) mass is 369 g/mol. The van der Waals surface area contributed by atoms with E-state index in [1.165, 1.54) is 0 Å². The molecule has 106 valence electrons. The minimum absolute atomic E-state index is 0.795. The van der Waals surface area contributed by atoms with Gasteiger partial charge in [0, 0.05) is 22.0 Å². The van der Waals surface area contributed by atoms with Crippen molar-refractivity contribution in [3.63, 3.8) is 0 Å². The summed E-state index contributed by atoms with van der Waals surface area (Å²) in [7, 11) is 0. The van der Waals surface area contributed by atoms with Gasteiger partial charge >= 0.3 is 0 Å². The lowest BCUT2D eigenvalue weighted by Crippen LogP contribution is -2.03. The fraction of sp³-hybridized carbons (Fsp3) is 0.286. The summed E-state index contributed by atoms with van der Waals surface area (Å²) in [4.78, 5) is 10.2. The number of hydrogen-bond donors (Lipinski definition) is 1. The summed E-state index contributed by atoms with van der Waals surface area (Å²) in [5.41, 5.74) is 0. The lowest BCUT2D eigenvalue weighted by molar-refractivity contribution is 0.878. The molecule has 0 unspecified atom stereocenters. The highest BCUT2D eigenvalue weighted by atomic mass is 79.9. The number of aromatic nitrogens is 2. The van der Waals surface area contributed by atoms with E-state index in [-0.39, 0.29) is 0 Å². The van der Waals surface area contributed by atoms with Crippen LogP contribution in [0.4, 0.5) is 5.82 Å². The van der Waals surface area contributed by atoms with Gasteiger partial charge in [-0.05, 0) is 30.9 Å². The molecule has 1 heterocycles. The Morgan fingerprint density at radius 1 is 1.25 bits per heavy atom. The van der Waals surface area contributed by atoms with Crippen molar-refractivity contribution in [1.82, 2.24) is 9.97 Å². The van der Waals surface area contributed by atoms with Crippen molar-refractivity contribution in [3.8, 4) is 0 Å². The fourth-order valence-electron chi connectivity index (χ4n) is 1.54. The van der Waals surface area contributed by atoms with E-state index in [2.05, 4.69) is 50.3 Å². The second-order valence-corrected chi connectivity index (χ2v) is 6.85. The molecule has 0 fully saturated rings. The molecule has 0 radical (unpaired) electrons. The molecule has 0 bridgehead atoms. The zero-order valence-electron chi connectivity index (χ0n) is 11.4. The summed E-state index contributed by atoms with van der Waals surface area (Å²) < 4.78 is 1.07. The van der Waals surface area contributed by atoms with Crippen LogP contribution in [0.25, 0.3) is 0 Å². The number of rotatable bonds is 6. The first-order chi connectivity index (χ1) is 9.71. The highest BCUT2D eigenvalue weighted by Gasteiger charge is 2.06. The number of halogens is 1. The number of anilines is 1. The van der Waals surface area contributed by atoms with Crippen molar-refractivity contribution in [2.24, 2.45) is 0 Å². The first-order valence-electron chi connectivity index (χ1n) is 6.31. The molecule has 0 amide bonds. The molecular weight excluding hydrogens is 354 g/mol. The van der Waals surface area contributed by atoms with Crippen molar-refractivity contribution >= 4 is 45.3 Å². The molecule has 1 aromatic carbocycles. The molecule has 3 nitrogen and oxygen atoms in total. The van der Waals surface area contributed by atoms with Crippen LogP contribution in [0.15, 0.2) is 49.9 Å². The minimum atomic E-state index is 0.795. The van der Waals surface area contributed by atoms with Gasteiger partial charge in [0.15, 0.2) is 5.16 Å². The lowest BCUT2D eigenvalue weighted by atomic mass is 10.4. The first-order valence-corrected chi connectivity index (χ1v) is 9.15. The summed E-state index contributed by atoms with van der Waals surface area (Å²) in [5.74, 6) is 0.892. The summed E-state index contributed by atoms with van der Waals surface area (Å²) in [6.45, 7) is 3.06. The molecule has 0 aliphatic rings. The Kier molecular flexibility index (Phi) is 6.19. The Hall–Kier alpha value is -0.720. The smallest absolute Gasteiger partial charge is 0.190 e. The molecule has 0 spiro atoms.